The third-order valence-corrected chi connectivity index (χ3v) is 5.45. The van der Waals surface area contributed by atoms with Gasteiger partial charge in [-0.25, -0.2) is 0 Å². The number of para-hydroxylation sites is 1. The third kappa shape index (κ3) is 5.47. The molecular weight excluding hydrogens is 376 g/mol. The second-order valence-electron chi connectivity index (χ2n) is 7.16. The van der Waals surface area contributed by atoms with E-state index in [1.807, 2.05) is 25.1 Å². The number of hydrogen-bond donors (Lipinski definition) is 2. The Labute approximate surface area is 171 Å². The number of aliphatic hydroxyl groups is 1. The molecule has 1 aliphatic rings. The minimum absolute atomic E-state index is 0.117. The Balaban J connectivity index is 1.41. The predicted octanol–water partition coefficient (Wildman–Crippen LogP) is 2.08. The molecule has 0 radical (unpaired) electrons. The lowest BCUT2D eigenvalue weighted by molar-refractivity contribution is -0.903. The Morgan fingerprint density at radius 2 is 1.86 bits per heavy atom. The van der Waals surface area contributed by atoms with Gasteiger partial charge in [0.1, 0.15) is 25.0 Å². The molecule has 1 atom stereocenters. The summed E-state index contributed by atoms with van der Waals surface area (Å²) in [6.07, 6.45) is -0.0374. The fraction of sp³-hybridized carbons (Fsp3) is 0.409. The molecule has 0 spiro atoms. The van der Waals surface area contributed by atoms with Gasteiger partial charge in [0.15, 0.2) is 5.78 Å². The van der Waals surface area contributed by atoms with Crippen LogP contribution < -0.4 is 14.5 Å². The number of piperazine rings is 1. The van der Waals surface area contributed by atoms with Gasteiger partial charge in [-0.1, -0.05) is 30.7 Å². The average molecular weight is 404 g/mol. The third-order valence-electron chi connectivity index (χ3n) is 5.13. The maximum atomic E-state index is 11.7. The molecule has 1 saturated heterocycles. The summed E-state index contributed by atoms with van der Waals surface area (Å²) in [6, 6.07) is 15.0. The standard InChI is InChI=1S/C22H27ClN2O3/c1-2-22(27)17-7-9-19(10-8-17)28-16-18(26)15-24-11-13-25(14-12-24)21-6-4-3-5-20(21)23/h3-10,18,26H,2,11-16H2,1H3/p+1/t18-/m1/s1. The Bertz CT molecular complexity index is 774. The van der Waals surface area contributed by atoms with Crippen molar-refractivity contribution < 1.29 is 19.5 Å². The fourth-order valence-electron chi connectivity index (χ4n) is 3.50. The number of anilines is 1. The van der Waals surface area contributed by atoms with E-state index in [2.05, 4.69) is 11.0 Å². The van der Waals surface area contributed by atoms with E-state index in [9.17, 15) is 9.90 Å². The van der Waals surface area contributed by atoms with Crippen molar-refractivity contribution in [2.75, 3.05) is 44.2 Å². The zero-order chi connectivity index (χ0) is 19.9. The van der Waals surface area contributed by atoms with Crippen LogP contribution in [-0.4, -0.2) is 56.3 Å². The van der Waals surface area contributed by atoms with Crippen LogP contribution in [0.15, 0.2) is 48.5 Å². The summed E-state index contributed by atoms with van der Waals surface area (Å²) in [5, 5.41) is 11.1. The van der Waals surface area contributed by atoms with Crippen molar-refractivity contribution in [1.29, 1.82) is 0 Å². The number of aliphatic hydroxyl groups excluding tert-OH is 1. The summed E-state index contributed by atoms with van der Waals surface area (Å²) in [6.45, 7) is 6.49. The van der Waals surface area contributed by atoms with E-state index in [0.717, 1.165) is 36.9 Å². The van der Waals surface area contributed by atoms with Crippen LogP contribution in [0.2, 0.25) is 5.02 Å². The quantitative estimate of drug-likeness (QED) is 0.663. The molecule has 0 saturated carbocycles. The van der Waals surface area contributed by atoms with E-state index in [1.165, 1.54) is 4.90 Å². The normalized spacial score (nSPS) is 16.0. The summed E-state index contributed by atoms with van der Waals surface area (Å²) in [4.78, 5) is 15.3. The highest BCUT2D eigenvalue weighted by molar-refractivity contribution is 6.33. The van der Waals surface area contributed by atoms with Crippen molar-refractivity contribution in [3.63, 3.8) is 0 Å². The topological polar surface area (TPSA) is 54.2 Å². The molecule has 150 valence electrons. The number of rotatable bonds is 8. The maximum Gasteiger partial charge on any atom is 0.162 e. The molecule has 28 heavy (non-hydrogen) atoms. The number of quaternary nitrogens is 1. The molecule has 0 aromatic heterocycles. The zero-order valence-corrected chi connectivity index (χ0v) is 17.0. The first kappa shape index (κ1) is 20.6. The molecule has 2 N–H and O–H groups in total. The van der Waals surface area contributed by atoms with E-state index in [4.69, 9.17) is 16.3 Å². The minimum Gasteiger partial charge on any atom is -0.491 e. The van der Waals surface area contributed by atoms with Crippen molar-refractivity contribution in [3.8, 4) is 5.75 Å². The van der Waals surface area contributed by atoms with E-state index in [1.54, 1.807) is 24.3 Å². The molecule has 6 heteroatoms. The lowest BCUT2D eigenvalue weighted by Crippen LogP contribution is -3.16. The van der Waals surface area contributed by atoms with Crippen LogP contribution in [0.1, 0.15) is 23.7 Å². The summed E-state index contributed by atoms with van der Waals surface area (Å²) in [5.41, 5.74) is 1.77. The van der Waals surface area contributed by atoms with Gasteiger partial charge >= 0.3 is 0 Å². The molecule has 2 aromatic carbocycles. The van der Waals surface area contributed by atoms with Crippen molar-refractivity contribution >= 4 is 23.1 Å². The maximum absolute atomic E-state index is 11.7. The number of benzene rings is 2. The second kappa shape index (κ2) is 9.92. The van der Waals surface area contributed by atoms with Gasteiger partial charge in [0.25, 0.3) is 0 Å². The van der Waals surface area contributed by atoms with Crippen molar-refractivity contribution in [1.82, 2.24) is 0 Å². The molecular formula is C22H28ClN2O3+. The zero-order valence-electron chi connectivity index (χ0n) is 16.2. The molecule has 0 unspecified atom stereocenters. The van der Waals surface area contributed by atoms with Gasteiger partial charge in [-0.15, -0.1) is 0 Å². The number of Topliss-reactive ketones (excluding diaryl/α,β-unsaturated/α-hetero) is 1. The largest absolute Gasteiger partial charge is 0.491 e. The van der Waals surface area contributed by atoms with E-state index in [-0.39, 0.29) is 12.4 Å². The van der Waals surface area contributed by atoms with Gasteiger partial charge in [0.2, 0.25) is 0 Å². The predicted molar refractivity (Wildman–Crippen MR) is 112 cm³/mol. The molecule has 0 amide bonds. The molecule has 3 rings (SSSR count). The highest BCUT2D eigenvalue weighted by Crippen LogP contribution is 2.24. The number of carbonyl (C=O) groups is 1. The number of ketones is 1. The van der Waals surface area contributed by atoms with E-state index in [0.29, 0.717) is 24.3 Å². The summed E-state index contributed by atoms with van der Waals surface area (Å²) < 4.78 is 5.68. The lowest BCUT2D eigenvalue weighted by atomic mass is 10.1. The average Bonchev–Trinajstić information content (AvgIpc) is 2.73. The number of carbonyl (C=O) groups excluding carboxylic acids is 1. The number of nitrogens with one attached hydrogen (secondary N) is 1. The lowest BCUT2D eigenvalue weighted by Gasteiger charge is -2.34. The number of halogens is 1. The molecule has 1 heterocycles. The molecule has 0 bridgehead atoms. The van der Waals surface area contributed by atoms with Crippen LogP contribution in [0.4, 0.5) is 5.69 Å². The number of hydrogen-bond acceptors (Lipinski definition) is 4. The number of ether oxygens (including phenoxy) is 1. The Hall–Kier alpha value is -2.08. The summed E-state index contributed by atoms with van der Waals surface area (Å²) in [5.74, 6) is 0.788. The second-order valence-corrected chi connectivity index (χ2v) is 7.57. The monoisotopic (exact) mass is 403 g/mol. The molecule has 1 aliphatic heterocycles. The highest BCUT2D eigenvalue weighted by atomic mass is 35.5. The fourth-order valence-corrected chi connectivity index (χ4v) is 3.76. The van der Waals surface area contributed by atoms with E-state index >= 15 is 0 Å². The molecule has 0 aliphatic carbocycles. The SMILES string of the molecule is CCC(=O)c1ccc(OC[C@H](O)C[NH+]2CCN(c3ccccc3Cl)CC2)cc1. The van der Waals surface area contributed by atoms with Crippen LogP contribution in [-0.2, 0) is 0 Å². The van der Waals surface area contributed by atoms with Gasteiger partial charge in [-0.3, -0.25) is 4.79 Å². The Kier molecular flexibility index (Phi) is 7.31. The van der Waals surface area contributed by atoms with Gasteiger partial charge in [-0.05, 0) is 36.4 Å². The highest BCUT2D eigenvalue weighted by Gasteiger charge is 2.23. The van der Waals surface area contributed by atoms with Crippen molar-refractivity contribution in [2.45, 2.75) is 19.4 Å². The van der Waals surface area contributed by atoms with Gasteiger partial charge in [-0.2, -0.15) is 0 Å². The minimum atomic E-state index is -0.529. The number of nitrogens with zero attached hydrogens (tertiary/aromatic N) is 1. The Morgan fingerprint density at radius 1 is 1.18 bits per heavy atom. The first-order valence-electron chi connectivity index (χ1n) is 9.84. The Morgan fingerprint density at radius 3 is 2.50 bits per heavy atom. The van der Waals surface area contributed by atoms with E-state index < -0.39 is 6.10 Å². The van der Waals surface area contributed by atoms with Gasteiger partial charge < -0.3 is 19.6 Å². The van der Waals surface area contributed by atoms with Gasteiger partial charge in [0, 0.05) is 12.0 Å². The van der Waals surface area contributed by atoms with Crippen LogP contribution >= 0.6 is 11.6 Å². The van der Waals surface area contributed by atoms with Crippen LogP contribution in [0.5, 0.6) is 5.75 Å². The molecule has 2 aromatic rings. The van der Waals surface area contributed by atoms with Crippen LogP contribution in [0.3, 0.4) is 0 Å². The van der Waals surface area contributed by atoms with Crippen molar-refractivity contribution in [2.24, 2.45) is 0 Å². The van der Waals surface area contributed by atoms with Gasteiger partial charge in [0.05, 0.1) is 36.9 Å². The first-order chi connectivity index (χ1) is 13.6. The van der Waals surface area contributed by atoms with Crippen molar-refractivity contribution in [3.05, 3.63) is 59.1 Å². The molecule has 5 nitrogen and oxygen atoms in total. The molecule has 1 fully saturated rings. The summed E-state index contributed by atoms with van der Waals surface area (Å²) in [7, 11) is 0. The summed E-state index contributed by atoms with van der Waals surface area (Å²) >= 11 is 6.29. The first-order valence-corrected chi connectivity index (χ1v) is 10.2. The van der Waals surface area contributed by atoms with Crippen LogP contribution in [0.25, 0.3) is 0 Å². The smallest absolute Gasteiger partial charge is 0.162 e. The van der Waals surface area contributed by atoms with Crippen LogP contribution in [0, 0.1) is 0 Å².